The normalized spacial score (nSPS) is 17.4. The Bertz CT molecular complexity index is 1410. The molecule has 0 radical (unpaired) electrons. The predicted octanol–water partition coefficient (Wildman–Crippen LogP) is 7.21. The van der Waals surface area contributed by atoms with Gasteiger partial charge in [-0.15, -0.1) is 0 Å². The van der Waals surface area contributed by atoms with Crippen molar-refractivity contribution in [2.75, 3.05) is 0 Å². The van der Waals surface area contributed by atoms with E-state index in [0.29, 0.717) is 11.1 Å². The summed E-state index contributed by atoms with van der Waals surface area (Å²) in [6.45, 7) is 8.66. The van der Waals surface area contributed by atoms with Gasteiger partial charge >= 0.3 is 7.60 Å². The van der Waals surface area contributed by atoms with Crippen LogP contribution in [-0.4, -0.2) is 4.89 Å². The fourth-order valence-electron chi connectivity index (χ4n) is 4.82. The van der Waals surface area contributed by atoms with Crippen molar-refractivity contribution < 1.29 is 14.0 Å². The van der Waals surface area contributed by atoms with Gasteiger partial charge in [0.2, 0.25) is 0 Å². The van der Waals surface area contributed by atoms with Crippen LogP contribution in [0, 0.1) is 0 Å². The average molecular weight is 469 g/mol. The second kappa shape index (κ2) is 7.98. The van der Waals surface area contributed by atoms with Crippen LogP contribution in [0.15, 0.2) is 97.1 Å². The van der Waals surface area contributed by atoms with Crippen LogP contribution in [0.2, 0.25) is 0 Å². The molecule has 34 heavy (non-hydrogen) atoms. The topological polar surface area (TPSA) is 46.5 Å². The highest BCUT2D eigenvalue weighted by atomic mass is 31.2. The van der Waals surface area contributed by atoms with E-state index in [1.165, 1.54) is 11.1 Å². The van der Waals surface area contributed by atoms with Gasteiger partial charge in [-0.05, 0) is 40.5 Å². The third-order valence-corrected chi connectivity index (χ3v) is 8.67. The maximum Gasteiger partial charge on any atom is 0.408 e. The van der Waals surface area contributed by atoms with E-state index >= 15 is 0 Å². The highest BCUT2D eigenvalue weighted by Crippen LogP contribution is 2.53. The Hall–Kier alpha value is -3.13. The third-order valence-electron chi connectivity index (χ3n) is 7.23. The van der Waals surface area contributed by atoms with Gasteiger partial charge in [-0.2, -0.15) is 0 Å². The van der Waals surface area contributed by atoms with Crippen molar-refractivity contribution in [3.63, 3.8) is 0 Å². The van der Waals surface area contributed by atoms with Crippen LogP contribution < -0.4 is 9.83 Å². The predicted molar refractivity (Wildman–Crippen MR) is 139 cm³/mol. The van der Waals surface area contributed by atoms with Gasteiger partial charge in [0.05, 0.1) is 5.30 Å². The maximum atomic E-state index is 13.2. The molecule has 0 fully saturated rings. The van der Waals surface area contributed by atoms with Crippen molar-refractivity contribution >= 4 is 12.9 Å². The van der Waals surface area contributed by atoms with E-state index in [9.17, 15) is 9.46 Å². The molecule has 1 N–H and O–H groups in total. The molecule has 0 amide bonds. The quantitative estimate of drug-likeness (QED) is 0.322. The van der Waals surface area contributed by atoms with Crippen molar-refractivity contribution in [2.24, 2.45) is 0 Å². The van der Waals surface area contributed by atoms with Gasteiger partial charge in [0.15, 0.2) is 0 Å². The molecular formula is C30H29O3P. The number of benzene rings is 4. The van der Waals surface area contributed by atoms with E-state index in [1.807, 2.05) is 54.6 Å². The first-order chi connectivity index (χ1) is 16.1. The third kappa shape index (κ3) is 3.70. The van der Waals surface area contributed by atoms with Crippen LogP contribution in [0.25, 0.3) is 11.1 Å². The fraction of sp³-hybridized carbons (Fsp3) is 0.200. The van der Waals surface area contributed by atoms with Gasteiger partial charge in [0.1, 0.15) is 5.75 Å². The average Bonchev–Trinajstić information content (AvgIpc) is 2.84. The van der Waals surface area contributed by atoms with E-state index in [4.69, 9.17) is 4.52 Å². The molecule has 4 aromatic carbocycles. The highest BCUT2D eigenvalue weighted by Gasteiger charge is 2.37. The van der Waals surface area contributed by atoms with Crippen molar-refractivity contribution in [1.29, 1.82) is 0 Å². The lowest BCUT2D eigenvalue weighted by Gasteiger charge is -2.31. The zero-order chi connectivity index (χ0) is 24.1. The van der Waals surface area contributed by atoms with E-state index < -0.39 is 7.60 Å². The van der Waals surface area contributed by atoms with Crippen molar-refractivity contribution in [2.45, 2.75) is 38.5 Å². The summed E-state index contributed by atoms with van der Waals surface area (Å²) in [5.74, 6) is 0.453. The number of hydrogen-bond acceptors (Lipinski definition) is 2. The Morgan fingerprint density at radius 2 is 1.12 bits per heavy atom. The van der Waals surface area contributed by atoms with Crippen molar-refractivity contribution in [1.82, 2.24) is 0 Å². The lowest BCUT2D eigenvalue weighted by molar-refractivity contribution is 0.391. The van der Waals surface area contributed by atoms with Gasteiger partial charge in [-0.3, -0.25) is 0 Å². The summed E-state index contributed by atoms with van der Waals surface area (Å²) < 4.78 is 19.0. The number of fused-ring (bicyclic) bond motifs is 3. The molecular weight excluding hydrogens is 439 g/mol. The largest absolute Gasteiger partial charge is 0.421 e. The molecule has 0 saturated carbocycles. The SMILES string of the molecule is CC(C)(c1ccccc1)c1ccc2c(c1)OP(=O)(O)c1ccc(C(C)(C)c3ccccc3)cc1-2. The fourth-order valence-corrected chi connectivity index (χ4v) is 6.09. The first-order valence-electron chi connectivity index (χ1n) is 11.5. The maximum absolute atomic E-state index is 13.2. The second-order valence-corrected chi connectivity index (χ2v) is 11.7. The zero-order valence-corrected chi connectivity index (χ0v) is 20.8. The smallest absolute Gasteiger partial charge is 0.408 e. The summed E-state index contributed by atoms with van der Waals surface area (Å²) in [7, 11) is -4.00. The van der Waals surface area contributed by atoms with Crippen LogP contribution >= 0.6 is 7.60 Å². The Labute approximate surface area is 201 Å². The van der Waals surface area contributed by atoms with Crippen LogP contribution in [0.1, 0.15) is 49.9 Å². The summed E-state index contributed by atoms with van der Waals surface area (Å²) >= 11 is 0. The van der Waals surface area contributed by atoms with E-state index in [1.54, 1.807) is 6.07 Å². The molecule has 1 heterocycles. The van der Waals surface area contributed by atoms with Crippen molar-refractivity contribution in [3.8, 4) is 16.9 Å². The van der Waals surface area contributed by atoms with Gasteiger partial charge < -0.3 is 9.42 Å². The Kier molecular flexibility index (Phi) is 5.31. The van der Waals surface area contributed by atoms with E-state index in [2.05, 4.69) is 64.1 Å². The molecule has 0 aromatic heterocycles. The molecule has 1 atom stereocenters. The van der Waals surface area contributed by atoms with Gasteiger partial charge in [0.25, 0.3) is 0 Å². The Morgan fingerprint density at radius 3 is 1.68 bits per heavy atom. The lowest BCUT2D eigenvalue weighted by Crippen LogP contribution is -2.23. The van der Waals surface area contributed by atoms with Crippen LogP contribution in [0.4, 0.5) is 0 Å². The van der Waals surface area contributed by atoms with Crippen LogP contribution in [0.5, 0.6) is 5.75 Å². The molecule has 5 rings (SSSR count). The summed E-state index contributed by atoms with van der Waals surface area (Å²) in [4.78, 5) is 10.8. The molecule has 3 nitrogen and oxygen atoms in total. The molecule has 172 valence electrons. The number of rotatable bonds is 4. The van der Waals surface area contributed by atoms with E-state index in [0.717, 1.165) is 22.3 Å². The summed E-state index contributed by atoms with van der Waals surface area (Å²) in [5, 5.41) is 0.350. The minimum absolute atomic E-state index is 0.260. The van der Waals surface area contributed by atoms with Gasteiger partial charge in [-0.1, -0.05) is 107 Å². The Balaban J connectivity index is 1.64. The monoisotopic (exact) mass is 468 g/mol. The molecule has 1 unspecified atom stereocenters. The summed E-state index contributed by atoms with van der Waals surface area (Å²) in [5.41, 5.74) is 5.53. The number of hydrogen-bond donors (Lipinski definition) is 1. The molecule has 1 aliphatic heterocycles. The first-order valence-corrected chi connectivity index (χ1v) is 13.1. The summed E-state index contributed by atoms with van der Waals surface area (Å²) in [6.07, 6.45) is 0. The minimum Gasteiger partial charge on any atom is -0.421 e. The van der Waals surface area contributed by atoms with E-state index in [-0.39, 0.29) is 10.8 Å². The molecule has 0 aliphatic carbocycles. The van der Waals surface area contributed by atoms with Crippen LogP contribution in [-0.2, 0) is 15.4 Å². The van der Waals surface area contributed by atoms with Gasteiger partial charge in [-0.25, -0.2) is 4.57 Å². The minimum atomic E-state index is -4.00. The molecule has 4 heteroatoms. The van der Waals surface area contributed by atoms with Crippen molar-refractivity contribution in [3.05, 3.63) is 119 Å². The molecule has 4 aromatic rings. The molecule has 0 saturated heterocycles. The highest BCUT2D eigenvalue weighted by molar-refractivity contribution is 7.62. The second-order valence-electron chi connectivity index (χ2n) is 10.0. The summed E-state index contributed by atoms with van der Waals surface area (Å²) in [6, 6.07) is 32.4. The van der Waals surface area contributed by atoms with Gasteiger partial charge in [0, 0.05) is 22.0 Å². The lowest BCUT2D eigenvalue weighted by atomic mass is 9.76. The Morgan fingerprint density at radius 1 is 0.618 bits per heavy atom. The molecule has 0 spiro atoms. The van der Waals surface area contributed by atoms with Crippen LogP contribution in [0.3, 0.4) is 0 Å². The zero-order valence-electron chi connectivity index (χ0n) is 19.9. The standard InChI is InChI=1S/C30H29O3P/c1-29(2,21-11-7-5-8-12-21)23-16-18-28-26(19-23)25-17-15-24(20-27(25)33-34(28,31)32)30(3,4)22-13-9-6-10-14-22/h5-20H,1-4H3,(H,31,32). The molecule has 0 bridgehead atoms. The first kappa shape index (κ1) is 22.7. The molecule has 1 aliphatic rings.